The van der Waals surface area contributed by atoms with Crippen molar-refractivity contribution in [1.29, 1.82) is 0 Å². The number of allylic oxidation sites excluding steroid dienone is 3. The molecule has 0 fully saturated rings. The second-order valence-electron chi connectivity index (χ2n) is 2.10. The average molecular weight is 124 g/mol. The van der Waals surface area contributed by atoms with E-state index in [4.69, 9.17) is 5.11 Å². The van der Waals surface area contributed by atoms with Gasteiger partial charge in [-0.05, 0) is 25.5 Å². The van der Waals surface area contributed by atoms with Gasteiger partial charge in [0.1, 0.15) is 5.76 Å². The first-order chi connectivity index (χ1) is 4.04. The monoisotopic (exact) mass is 124 g/mol. The highest BCUT2D eigenvalue weighted by atomic mass is 16.3. The fourth-order valence-corrected chi connectivity index (χ4v) is 0.373. The normalized spacial score (nSPS) is 11.1. The molecule has 0 spiro atoms. The molecule has 0 aliphatic rings. The lowest BCUT2D eigenvalue weighted by Crippen LogP contribution is -1.77. The lowest BCUT2D eigenvalue weighted by Gasteiger charge is -1.95. The van der Waals surface area contributed by atoms with Crippen LogP contribution in [0.3, 0.4) is 0 Å². The van der Waals surface area contributed by atoms with Crippen molar-refractivity contribution < 1.29 is 5.11 Å². The van der Waals surface area contributed by atoms with Crippen LogP contribution in [0.2, 0.25) is 0 Å². The Morgan fingerprint density at radius 3 is 1.89 bits per heavy atom. The molecule has 0 aromatic heterocycles. The largest absolute Gasteiger partial charge is 0.509 e. The van der Waals surface area contributed by atoms with E-state index in [1.54, 1.807) is 6.08 Å². The van der Waals surface area contributed by atoms with E-state index in [9.17, 15) is 0 Å². The Balaban J connectivity index is 4.17. The summed E-state index contributed by atoms with van der Waals surface area (Å²) in [6.07, 6.45) is 1.59. The summed E-state index contributed by atoms with van der Waals surface area (Å²) in [7, 11) is 0. The highest BCUT2D eigenvalue weighted by Gasteiger charge is 1.87. The molecule has 0 saturated carbocycles. The quantitative estimate of drug-likeness (QED) is 0.443. The van der Waals surface area contributed by atoms with Crippen LogP contribution < -0.4 is 0 Å². The Morgan fingerprint density at radius 2 is 1.78 bits per heavy atom. The summed E-state index contributed by atoms with van der Waals surface area (Å²) in [4.78, 5) is 0. The molecule has 0 atom stereocenters. The third kappa shape index (κ3) is 3.59. The maximum Gasteiger partial charge on any atom is 0.108 e. The standard InChI is InChI=1S/C8H12O/c1-6(2)7(3)5-8(4)9/h5,9H,1,4H2,2-3H3/b7-5-. The SMILES string of the molecule is C=C(O)/C=C(/C)C(=C)C. The van der Waals surface area contributed by atoms with Gasteiger partial charge in [-0.3, -0.25) is 0 Å². The lowest BCUT2D eigenvalue weighted by atomic mass is 10.1. The van der Waals surface area contributed by atoms with Gasteiger partial charge in [-0.1, -0.05) is 18.7 Å². The first-order valence-corrected chi connectivity index (χ1v) is 2.76. The van der Waals surface area contributed by atoms with Gasteiger partial charge in [0.2, 0.25) is 0 Å². The van der Waals surface area contributed by atoms with E-state index >= 15 is 0 Å². The zero-order chi connectivity index (χ0) is 7.44. The van der Waals surface area contributed by atoms with Crippen molar-refractivity contribution in [3.05, 3.63) is 36.1 Å². The summed E-state index contributed by atoms with van der Waals surface area (Å²) in [5, 5.41) is 8.66. The van der Waals surface area contributed by atoms with Gasteiger partial charge < -0.3 is 5.11 Å². The number of hydrogen-bond donors (Lipinski definition) is 1. The summed E-state index contributed by atoms with van der Waals surface area (Å²) >= 11 is 0. The van der Waals surface area contributed by atoms with Crippen LogP contribution >= 0.6 is 0 Å². The smallest absolute Gasteiger partial charge is 0.108 e. The van der Waals surface area contributed by atoms with E-state index in [-0.39, 0.29) is 5.76 Å². The van der Waals surface area contributed by atoms with E-state index in [0.717, 1.165) is 11.1 Å². The zero-order valence-electron chi connectivity index (χ0n) is 5.94. The molecular formula is C8H12O. The van der Waals surface area contributed by atoms with Crippen molar-refractivity contribution >= 4 is 0 Å². The molecule has 0 saturated heterocycles. The predicted molar refractivity (Wildman–Crippen MR) is 40.3 cm³/mol. The van der Waals surface area contributed by atoms with Crippen LogP contribution in [0.1, 0.15) is 13.8 Å². The van der Waals surface area contributed by atoms with Gasteiger partial charge in [0.15, 0.2) is 0 Å². The molecule has 50 valence electrons. The van der Waals surface area contributed by atoms with Crippen LogP contribution in [-0.2, 0) is 0 Å². The Morgan fingerprint density at radius 1 is 1.33 bits per heavy atom. The number of rotatable bonds is 2. The number of hydrogen-bond acceptors (Lipinski definition) is 1. The second-order valence-corrected chi connectivity index (χ2v) is 2.10. The van der Waals surface area contributed by atoms with E-state index in [1.165, 1.54) is 0 Å². The number of aliphatic hydroxyl groups is 1. The summed E-state index contributed by atoms with van der Waals surface area (Å²) in [6, 6.07) is 0. The summed E-state index contributed by atoms with van der Waals surface area (Å²) in [5.74, 6) is 0.0792. The molecule has 0 bridgehead atoms. The summed E-state index contributed by atoms with van der Waals surface area (Å²) < 4.78 is 0. The second kappa shape index (κ2) is 3.13. The minimum Gasteiger partial charge on any atom is -0.509 e. The molecule has 0 radical (unpaired) electrons. The molecule has 0 heterocycles. The van der Waals surface area contributed by atoms with Crippen LogP contribution in [0.5, 0.6) is 0 Å². The van der Waals surface area contributed by atoms with Gasteiger partial charge in [0.25, 0.3) is 0 Å². The van der Waals surface area contributed by atoms with Gasteiger partial charge in [-0.2, -0.15) is 0 Å². The summed E-state index contributed by atoms with van der Waals surface area (Å²) in [6.45, 7) is 10.8. The first-order valence-electron chi connectivity index (χ1n) is 2.76. The van der Waals surface area contributed by atoms with Crippen molar-refractivity contribution in [2.24, 2.45) is 0 Å². The molecule has 0 rings (SSSR count). The van der Waals surface area contributed by atoms with Gasteiger partial charge in [0, 0.05) is 0 Å². The molecular weight excluding hydrogens is 112 g/mol. The molecule has 0 aromatic rings. The van der Waals surface area contributed by atoms with E-state index < -0.39 is 0 Å². The highest BCUT2D eigenvalue weighted by Crippen LogP contribution is 2.06. The Hall–Kier alpha value is -0.980. The van der Waals surface area contributed by atoms with Gasteiger partial charge >= 0.3 is 0 Å². The predicted octanol–water partition coefficient (Wildman–Crippen LogP) is 2.58. The third-order valence-electron chi connectivity index (χ3n) is 1.06. The topological polar surface area (TPSA) is 20.2 Å². The lowest BCUT2D eigenvalue weighted by molar-refractivity contribution is 0.434. The molecule has 0 aliphatic heterocycles. The molecule has 1 N–H and O–H groups in total. The molecule has 0 unspecified atom stereocenters. The molecule has 0 aromatic carbocycles. The van der Waals surface area contributed by atoms with Crippen LogP contribution in [0.15, 0.2) is 36.1 Å². The third-order valence-corrected chi connectivity index (χ3v) is 1.06. The summed E-state index contributed by atoms with van der Waals surface area (Å²) in [5.41, 5.74) is 1.91. The van der Waals surface area contributed by atoms with Gasteiger partial charge in [0.05, 0.1) is 0 Å². The van der Waals surface area contributed by atoms with Crippen molar-refractivity contribution in [2.75, 3.05) is 0 Å². The Bertz CT molecular complexity index is 163. The van der Waals surface area contributed by atoms with E-state index in [1.807, 2.05) is 13.8 Å². The first kappa shape index (κ1) is 8.02. The Labute approximate surface area is 56.0 Å². The minimum atomic E-state index is 0.0792. The van der Waals surface area contributed by atoms with Crippen LogP contribution in [-0.4, -0.2) is 5.11 Å². The fraction of sp³-hybridized carbons (Fsp3) is 0.250. The van der Waals surface area contributed by atoms with Crippen LogP contribution in [0, 0.1) is 0 Å². The van der Waals surface area contributed by atoms with Crippen LogP contribution in [0.25, 0.3) is 0 Å². The average Bonchev–Trinajstić information content (AvgIpc) is 1.63. The molecule has 0 amide bonds. The molecule has 9 heavy (non-hydrogen) atoms. The van der Waals surface area contributed by atoms with E-state index in [0.29, 0.717) is 0 Å². The maximum atomic E-state index is 8.66. The van der Waals surface area contributed by atoms with Gasteiger partial charge in [-0.25, -0.2) is 0 Å². The van der Waals surface area contributed by atoms with Crippen molar-refractivity contribution in [3.63, 3.8) is 0 Å². The highest BCUT2D eigenvalue weighted by molar-refractivity contribution is 5.28. The zero-order valence-corrected chi connectivity index (χ0v) is 5.94. The Kier molecular flexibility index (Phi) is 2.79. The molecule has 0 aliphatic carbocycles. The van der Waals surface area contributed by atoms with Gasteiger partial charge in [-0.15, -0.1) is 0 Å². The van der Waals surface area contributed by atoms with Crippen molar-refractivity contribution in [3.8, 4) is 0 Å². The fourth-order valence-electron chi connectivity index (χ4n) is 0.373. The molecule has 1 heteroatoms. The maximum absolute atomic E-state index is 8.66. The van der Waals surface area contributed by atoms with Crippen molar-refractivity contribution in [2.45, 2.75) is 13.8 Å². The van der Waals surface area contributed by atoms with E-state index in [2.05, 4.69) is 13.2 Å². The number of aliphatic hydroxyl groups excluding tert-OH is 1. The van der Waals surface area contributed by atoms with Crippen molar-refractivity contribution in [1.82, 2.24) is 0 Å². The molecule has 1 nitrogen and oxygen atoms in total. The van der Waals surface area contributed by atoms with Crippen LogP contribution in [0.4, 0.5) is 0 Å². The minimum absolute atomic E-state index is 0.0792.